The zero-order valence-corrected chi connectivity index (χ0v) is 20.6. The van der Waals surface area contributed by atoms with Gasteiger partial charge in [0.2, 0.25) is 5.95 Å². The van der Waals surface area contributed by atoms with Crippen LogP contribution in [0, 0.1) is 0 Å². The summed E-state index contributed by atoms with van der Waals surface area (Å²) in [6.45, 7) is 11.3. The van der Waals surface area contributed by atoms with E-state index in [0.717, 1.165) is 56.2 Å². The van der Waals surface area contributed by atoms with Crippen molar-refractivity contribution >= 4 is 22.7 Å². The van der Waals surface area contributed by atoms with Crippen molar-refractivity contribution in [2.45, 2.75) is 46.8 Å². The summed E-state index contributed by atoms with van der Waals surface area (Å²) >= 11 is 0. The highest BCUT2D eigenvalue weighted by atomic mass is 16.1. The average Bonchev–Trinajstić information content (AvgIpc) is 3.18. The molecule has 35 heavy (non-hydrogen) atoms. The Balaban J connectivity index is 1.54. The van der Waals surface area contributed by atoms with Crippen LogP contribution >= 0.6 is 0 Å². The van der Waals surface area contributed by atoms with Gasteiger partial charge in [-0.25, -0.2) is 14.3 Å². The van der Waals surface area contributed by atoms with Crippen molar-refractivity contribution in [2.24, 2.45) is 0 Å². The smallest absolute Gasteiger partial charge is 0.278 e. The molecule has 0 aliphatic carbocycles. The van der Waals surface area contributed by atoms with Crippen LogP contribution in [0.1, 0.15) is 37.6 Å². The Morgan fingerprint density at radius 3 is 2.74 bits per heavy atom. The van der Waals surface area contributed by atoms with E-state index in [4.69, 9.17) is 4.98 Å². The number of nitrogens with one attached hydrogen (secondary N) is 2. The first-order chi connectivity index (χ1) is 17.1. The number of anilines is 2. The van der Waals surface area contributed by atoms with E-state index in [1.165, 1.54) is 11.1 Å². The maximum absolute atomic E-state index is 13.1. The number of fused-ring (bicyclic) bond motifs is 2. The molecule has 4 heterocycles. The van der Waals surface area contributed by atoms with Crippen LogP contribution in [0.2, 0.25) is 0 Å². The van der Waals surface area contributed by atoms with Crippen molar-refractivity contribution in [1.29, 1.82) is 0 Å². The second kappa shape index (κ2) is 9.97. The van der Waals surface area contributed by atoms with Crippen molar-refractivity contribution < 1.29 is 0 Å². The maximum atomic E-state index is 13.1. The molecule has 4 aromatic rings. The molecule has 182 valence electrons. The standard InChI is InChI=1S/C26H32N8O/c1-4-32(5-2)17-21-14-22(10-12-28-21)34-24-23(25(35)33(34)6-3)16-29-26(31-24)30-20-8-7-18-9-11-27-15-19(18)13-20/h7-8,10,12-14,16,27H,4-6,9,11,15,17H2,1-3H3,(H,29,30,31). The van der Waals surface area contributed by atoms with Crippen LogP contribution in [0.3, 0.4) is 0 Å². The third-order valence-corrected chi connectivity index (χ3v) is 6.65. The summed E-state index contributed by atoms with van der Waals surface area (Å²) in [5, 5.41) is 7.24. The van der Waals surface area contributed by atoms with E-state index in [9.17, 15) is 4.79 Å². The number of pyridine rings is 1. The van der Waals surface area contributed by atoms with Gasteiger partial charge in [-0.2, -0.15) is 4.98 Å². The lowest BCUT2D eigenvalue weighted by Gasteiger charge is -2.18. The third kappa shape index (κ3) is 4.56. The SMILES string of the molecule is CCN(CC)Cc1cc(-n2c3nc(Nc4ccc5c(c4)CNCC5)ncc3c(=O)n2CC)ccn1. The molecule has 2 N–H and O–H groups in total. The van der Waals surface area contributed by atoms with Gasteiger partial charge in [0.05, 0.1) is 11.4 Å². The molecule has 0 saturated heterocycles. The van der Waals surface area contributed by atoms with Gasteiger partial charge in [0, 0.05) is 37.7 Å². The molecule has 1 aliphatic rings. The van der Waals surface area contributed by atoms with Gasteiger partial charge in [-0.05, 0) is 68.4 Å². The first-order valence-electron chi connectivity index (χ1n) is 12.4. The van der Waals surface area contributed by atoms with E-state index >= 15 is 0 Å². The summed E-state index contributed by atoms with van der Waals surface area (Å²) in [6, 6.07) is 10.3. The van der Waals surface area contributed by atoms with E-state index in [0.29, 0.717) is 23.5 Å². The highest BCUT2D eigenvalue weighted by Crippen LogP contribution is 2.23. The zero-order valence-electron chi connectivity index (χ0n) is 20.6. The number of hydrogen-bond acceptors (Lipinski definition) is 7. The molecule has 1 aromatic carbocycles. The van der Waals surface area contributed by atoms with Crippen molar-refractivity contribution in [3.05, 3.63) is 69.9 Å². The fraction of sp³-hybridized carbons (Fsp3) is 0.385. The maximum Gasteiger partial charge on any atom is 0.278 e. The van der Waals surface area contributed by atoms with Crippen LogP contribution in [0.25, 0.3) is 16.7 Å². The van der Waals surface area contributed by atoms with Crippen LogP contribution in [0.5, 0.6) is 0 Å². The lowest BCUT2D eigenvalue weighted by molar-refractivity contribution is 0.292. The van der Waals surface area contributed by atoms with E-state index in [2.05, 4.69) is 57.5 Å². The van der Waals surface area contributed by atoms with Gasteiger partial charge in [-0.1, -0.05) is 19.9 Å². The fourth-order valence-corrected chi connectivity index (χ4v) is 4.68. The van der Waals surface area contributed by atoms with Crippen LogP contribution < -0.4 is 16.2 Å². The van der Waals surface area contributed by atoms with Crippen LogP contribution in [-0.2, 0) is 26.1 Å². The monoisotopic (exact) mass is 472 g/mol. The largest absolute Gasteiger partial charge is 0.324 e. The number of aromatic nitrogens is 5. The summed E-state index contributed by atoms with van der Waals surface area (Å²) in [6.07, 6.45) is 4.46. The van der Waals surface area contributed by atoms with Gasteiger partial charge in [0.25, 0.3) is 5.56 Å². The van der Waals surface area contributed by atoms with Crippen LogP contribution in [0.15, 0.2) is 47.5 Å². The molecule has 0 radical (unpaired) electrons. The van der Waals surface area contributed by atoms with Crippen molar-refractivity contribution in [3.8, 4) is 5.69 Å². The van der Waals surface area contributed by atoms with Gasteiger partial charge in [-0.3, -0.25) is 14.7 Å². The Labute approximate surface area is 204 Å². The predicted molar refractivity (Wildman–Crippen MR) is 138 cm³/mol. The van der Waals surface area contributed by atoms with E-state index in [-0.39, 0.29) is 5.56 Å². The fourth-order valence-electron chi connectivity index (χ4n) is 4.68. The number of benzene rings is 1. The van der Waals surface area contributed by atoms with E-state index < -0.39 is 0 Å². The van der Waals surface area contributed by atoms with Crippen molar-refractivity contribution in [1.82, 2.24) is 34.5 Å². The number of nitrogens with zero attached hydrogens (tertiary/aromatic N) is 6. The molecule has 0 bridgehead atoms. The second-order valence-corrected chi connectivity index (χ2v) is 8.77. The van der Waals surface area contributed by atoms with Gasteiger partial charge >= 0.3 is 0 Å². The minimum absolute atomic E-state index is 0.101. The summed E-state index contributed by atoms with van der Waals surface area (Å²) in [7, 11) is 0. The quantitative estimate of drug-likeness (QED) is 0.407. The summed E-state index contributed by atoms with van der Waals surface area (Å²) in [5.41, 5.74) is 5.89. The molecular weight excluding hydrogens is 440 g/mol. The molecule has 9 heteroatoms. The first-order valence-corrected chi connectivity index (χ1v) is 12.4. The zero-order chi connectivity index (χ0) is 24.4. The third-order valence-electron chi connectivity index (χ3n) is 6.65. The van der Waals surface area contributed by atoms with Crippen molar-refractivity contribution in [3.63, 3.8) is 0 Å². The molecule has 3 aromatic heterocycles. The summed E-state index contributed by atoms with van der Waals surface area (Å²) in [4.78, 5) is 29.3. The van der Waals surface area contributed by atoms with Crippen molar-refractivity contribution in [2.75, 3.05) is 25.0 Å². The number of rotatable bonds is 8. The van der Waals surface area contributed by atoms with Gasteiger partial charge in [-0.15, -0.1) is 0 Å². The summed E-state index contributed by atoms with van der Waals surface area (Å²) in [5.74, 6) is 0.459. The molecule has 0 amide bonds. The highest BCUT2D eigenvalue weighted by Gasteiger charge is 2.18. The minimum Gasteiger partial charge on any atom is -0.324 e. The normalized spacial score (nSPS) is 13.4. The van der Waals surface area contributed by atoms with E-state index in [1.807, 2.05) is 23.7 Å². The molecule has 0 atom stereocenters. The first kappa shape index (κ1) is 23.2. The Bertz CT molecular complexity index is 1400. The molecular formula is C26H32N8O. The topological polar surface area (TPSA) is 92.9 Å². The average molecular weight is 473 g/mol. The van der Waals surface area contributed by atoms with Crippen LogP contribution in [0.4, 0.5) is 11.6 Å². The Morgan fingerprint density at radius 1 is 1.09 bits per heavy atom. The van der Waals surface area contributed by atoms with Gasteiger partial charge in [0.15, 0.2) is 5.65 Å². The van der Waals surface area contributed by atoms with E-state index in [1.54, 1.807) is 17.1 Å². The molecule has 5 rings (SSSR count). The predicted octanol–water partition coefficient (Wildman–Crippen LogP) is 3.23. The van der Waals surface area contributed by atoms with Gasteiger partial charge in [0.1, 0.15) is 5.39 Å². The lowest BCUT2D eigenvalue weighted by Crippen LogP contribution is -2.23. The Kier molecular flexibility index (Phi) is 6.61. The Hall–Kier alpha value is -3.56. The lowest BCUT2D eigenvalue weighted by atomic mass is 10.0. The number of hydrogen-bond donors (Lipinski definition) is 2. The Morgan fingerprint density at radius 2 is 1.94 bits per heavy atom. The minimum atomic E-state index is -0.101. The highest BCUT2D eigenvalue weighted by molar-refractivity contribution is 5.77. The molecule has 9 nitrogen and oxygen atoms in total. The second-order valence-electron chi connectivity index (χ2n) is 8.77. The molecule has 0 saturated carbocycles. The van der Waals surface area contributed by atoms with Crippen LogP contribution in [-0.4, -0.2) is 48.8 Å². The van der Waals surface area contributed by atoms with Gasteiger partial charge < -0.3 is 10.6 Å². The molecule has 1 aliphatic heterocycles. The molecule has 0 unspecified atom stereocenters. The molecule has 0 fully saturated rings. The molecule has 0 spiro atoms. The summed E-state index contributed by atoms with van der Waals surface area (Å²) < 4.78 is 3.58.